The standard InChI is InChI=1S/C15H19N3O2S/c1-18(2)7-6-16-15(20)12-9-17-13-8-10(21-3)4-5-11(13)14(12)19/h4-5,8-9H,6-7H2,1-3H3,(H,16,20)(H,17,19). The number of aromatic nitrogens is 1. The highest BCUT2D eigenvalue weighted by Gasteiger charge is 2.12. The van der Waals surface area contributed by atoms with Crippen molar-refractivity contribution < 1.29 is 4.79 Å². The van der Waals surface area contributed by atoms with E-state index in [-0.39, 0.29) is 16.9 Å². The third-order valence-electron chi connectivity index (χ3n) is 3.18. The Morgan fingerprint density at radius 2 is 2.14 bits per heavy atom. The van der Waals surface area contributed by atoms with E-state index < -0.39 is 0 Å². The number of likely N-dealkylation sites (N-methyl/N-ethyl adjacent to an activating group) is 1. The minimum Gasteiger partial charge on any atom is -0.360 e. The van der Waals surface area contributed by atoms with Gasteiger partial charge in [0.15, 0.2) is 0 Å². The molecule has 0 aliphatic carbocycles. The van der Waals surface area contributed by atoms with Crippen molar-refractivity contribution in [2.45, 2.75) is 4.90 Å². The van der Waals surface area contributed by atoms with Crippen molar-refractivity contribution in [3.63, 3.8) is 0 Å². The first-order chi connectivity index (χ1) is 10.0. The topological polar surface area (TPSA) is 65.2 Å². The predicted octanol–water partition coefficient (Wildman–Crippen LogP) is 1.54. The zero-order valence-corrected chi connectivity index (χ0v) is 13.2. The van der Waals surface area contributed by atoms with Crippen LogP contribution >= 0.6 is 11.8 Å². The smallest absolute Gasteiger partial charge is 0.256 e. The minimum absolute atomic E-state index is 0.151. The van der Waals surface area contributed by atoms with Crippen LogP contribution in [0, 0.1) is 0 Å². The molecule has 1 aromatic carbocycles. The Morgan fingerprint density at radius 1 is 1.38 bits per heavy atom. The van der Waals surface area contributed by atoms with E-state index in [9.17, 15) is 9.59 Å². The Balaban J connectivity index is 2.27. The third kappa shape index (κ3) is 3.65. The van der Waals surface area contributed by atoms with Crippen molar-refractivity contribution in [2.24, 2.45) is 0 Å². The normalized spacial score (nSPS) is 11.0. The van der Waals surface area contributed by atoms with Crippen molar-refractivity contribution in [2.75, 3.05) is 33.4 Å². The van der Waals surface area contributed by atoms with Crippen LogP contribution in [-0.2, 0) is 0 Å². The summed E-state index contributed by atoms with van der Waals surface area (Å²) in [5, 5.41) is 3.29. The highest BCUT2D eigenvalue weighted by Crippen LogP contribution is 2.18. The lowest BCUT2D eigenvalue weighted by Crippen LogP contribution is -2.34. The van der Waals surface area contributed by atoms with Gasteiger partial charge in [0.2, 0.25) is 5.43 Å². The summed E-state index contributed by atoms with van der Waals surface area (Å²) in [7, 11) is 3.86. The van der Waals surface area contributed by atoms with E-state index in [4.69, 9.17) is 0 Å². The van der Waals surface area contributed by atoms with E-state index in [0.717, 1.165) is 17.0 Å². The van der Waals surface area contributed by atoms with Gasteiger partial charge in [0.05, 0.1) is 5.52 Å². The van der Waals surface area contributed by atoms with Crippen LogP contribution in [0.25, 0.3) is 10.9 Å². The number of hydrogen-bond donors (Lipinski definition) is 2. The van der Waals surface area contributed by atoms with Gasteiger partial charge in [-0.05, 0) is 38.6 Å². The summed E-state index contributed by atoms with van der Waals surface area (Å²) in [6, 6.07) is 5.56. The molecule has 0 spiro atoms. The fourth-order valence-electron chi connectivity index (χ4n) is 1.99. The van der Waals surface area contributed by atoms with Gasteiger partial charge < -0.3 is 15.2 Å². The van der Waals surface area contributed by atoms with Crippen molar-refractivity contribution in [1.29, 1.82) is 0 Å². The Labute approximate surface area is 127 Å². The van der Waals surface area contributed by atoms with Crippen LogP contribution in [0.1, 0.15) is 10.4 Å². The summed E-state index contributed by atoms with van der Waals surface area (Å²) in [5.74, 6) is -0.339. The lowest BCUT2D eigenvalue weighted by molar-refractivity contribution is 0.0950. The summed E-state index contributed by atoms with van der Waals surface area (Å²) in [4.78, 5) is 30.5. The molecule has 2 aromatic rings. The molecule has 0 saturated heterocycles. The number of thioether (sulfide) groups is 1. The quantitative estimate of drug-likeness (QED) is 0.823. The minimum atomic E-state index is -0.339. The largest absolute Gasteiger partial charge is 0.360 e. The number of pyridine rings is 1. The molecular weight excluding hydrogens is 286 g/mol. The van der Waals surface area contributed by atoms with Crippen LogP contribution in [0.4, 0.5) is 0 Å². The van der Waals surface area contributed by atoms with Crippen LogP contribution in [0.3, 0.4) is 0 Å². The van der Waals surface area contributed by atoms with Crippen LogP contribution in [0.15, 0.2) is 34.1 Å². The average Bonchev–Trinajstić information content (AvgIpc) is 2.46. The molecule has 1 heterocycles. The maximum absolute atomic E-state index is 12.4. The Bertz CT molecular complexity index is 710. The first-order valence-electron chi connectivity index (χ1n) is 6.65. The lowest BCUT2D eigenvalue weighted by atomic mass is 10.1. The second-order valence-electron chi connectivity index (χ2n) is 5.00. The number of H-pyrrole nitrogens is 1. The molecule has 0 unspecified atom stereocenters. The van der Waals surface area contributed by atoms with E-state index in [1.165, 1.54) is 6.20 Å². The molecule has 2 N–H and O–H groups in total. The lowest BCUT2D eigenvalue weighted by Gasteiger charge is -2.10. The van der Waals surface area contributed by atoms with E-state index >= 15 is 0 Å². The van der Waals surface area contributed by atoms with Gasteiger partial charge in [-0.25, -0.2) is 0 Å². The van der Waals surface area contributed by atoms with Crippen LogP contribution in [-0.4, -0.2) is 49.2 Å². The number of benzene rings is 1. The molecule has 21 heavy (non-hydrogen) atoms. The summed E-state index contributed by atoms with van der Waals surface area (Å²) in [6.07, 6.45) is 3.46. The molecule has 1 amide bonds. The van der Waals surface area contributed by atoms with Gasteiger partial charge in [0.1, 0.15) is 5.56 Å². The van der Waals surface area contributed by atoms with Gasteiger partial charge in [-0.2, -0.15) is 0 Å². The summed E-state index contributed by atoms with van der Waals surface area (Å²) in [6.45, 7) is 1.24. The fraction of sp³-hybridized carbons (Fsp3) is 0.333. The van der Waals surface area contributed by atoms with Crippen molar-refractivity contribution in [3.8, 4) is 0 Å². The number of fused-ring (bicyclic) bond motifs is 1. The Morgan fingerprint density at radius 3 is 2.81 bits per heavy atom. The fourth-order valence-corrected chi connectivity index (χ4v) is 2.43. The highest BCUT2D eigenvalue weighted by atomic mass is 32.2. The van der Waals surface area contributed by atoms with Crippen LogP contribution in [0.2, 0.25) is 0 Å². The van der Waals surface area contributed by atoms with Gasteiger partial charge in [-0.15, -0.1) is 11.8 Å². The Kier molecular flexibility index (Phi) is 5.03. The highest BCUT2D eigenvalue weighted by molar-refractivity contribution is 7.98. The zero-order chi connectivity index (χ0) is 15.4. The summed E-state index contributed by atoms with van der Waals surface area (Å²) >= 11 is 1.61. The first kappa shape index (κ1) is 15.6. The number of carbonyl (C=O) groups excluding carboxylic acids is 1. The number of nitrogens with one attached hydrogen (secondary N) is 2. The van der Waals surface area contributed by atoms with Gasteiger partial charge in [0.25, 0.3) is 5.91 Å². The molecule has 0 atom stereocenters. The molecule has 0 bridgehead atoms. The number of rotatable bonds is 5. The van der Waals surface area contributed by atoms with Crippen molar-refractivity contribution >= 4 is 28.6 Å². The maximum atomic E-state index is 12.4. The van der Waals surface area contributed by atoms with Gasteiger partial charge in [0, 0.05) is 29.6 Å². The van der Waals surface area contributed by atoms with E-state index in [2.05, 4.69) is 10.3 Å². The molecule has 0 saturated carbocycles. The third-order valence-corrected chi connectivity index (χ3v) is 3.90. The predicted molar refractivity (Wildman–Crippen MR) is 87.2 cm³/mol. The molecule has 2 rings (SSSR count). The molecule has 0 aliphatic heterocycles. The molecule has 0 radical (unpaired) electrons. The van der Waals surface area contributed by atoms with Crippen molar-refractivity contribution in [3.05, 3.63) is 40.2 Å². The zero-order valence-electron chi connectivity index (χ0n) is 12.4. The van der Waals surface area contributed by atoms with Gasteiger partial charge in [-0.3, -0.25) is 9.59 Å². The van der Waals surface area contributed by atoms with Crippen molar-refractivity contribution in [1.82, 2.24) is 15.2 Å². The second kappa shape index (κ2) is 6.78. The van der Waals surface area contributed by atoms with E-state index in [0.29, 0.717) is 11.9 Å². The van der Waals surface area contributed by atoms with Gasteiger partial charge >= 0.3 is 0 Å². The molecular formula is C15H19N3O2S. The van der Waals surface area contributed by atoms with Crippen LogP contribution in [0.5, 0.6) is 0 Å². The number of carbonyl (C=O) groups is 1. The molecule has 1 aromatic heterocycles. The number of nitrogens with zero attached hydrogens (tertiary/aromatic N) is 1. The molecule has 5 nitrogen and oxygen atoms in total. The maximum Gasteiger partial charge on any atom is 0.256 e. The Hall–Kier alpha value is -1.79. The second-order valence-corrected chi connectivity index (χ2v) is 5.88. The average molecular weight is 305 g/mol. The number of aromatic amines is 1. The van der Waals surface area contributed by atoms with Gasteiger partial charge in [-0.1, -0.05) is 0 Å². The van der Waals surface area contributed by atoms with Crippen LogP contribution < -0.4 is 10.7 Å². The van der Waals surface area contributed by atoms with E-state index in [1.807, 2.05) is 37.4 Å². The monoisotopic (exact) mass is 305 g/mol. The number of amides is 1. The molecule has 0 fully saturated rings. The molecule has 0 aliphatic rings. The van der Waals surface area contributed by atoms with E-state index in [1.54, 1.807) is 17.8 Å². The first-order valence-corrected chi connectivity index (χ1v) is 7.87. The number of hydrogen-bond acceptors (Lipinski definition) is 4. The molecule has 6 heteroatoms. The SMILES string of the molecule is CSc1ccc2c(=O)c(C(=O)NCCN(C)C)c[nH]c2c1. The molecule has 112 valence electrons. The summed E-state index contributed by atoms with van der Waals surface area (Å²) < 4.78 is 0. The summed E-state index contributed by atoms with van der Waals surface area (Å²) in [5.41, 5.74) is 0.661.